The molecule has 13 heavy (non-hydrogen) atoms. The fourth-order valence-electron chi connectivity index (χ4n) is 1.07. The molecule has 0 aliphatic carbocycles. The molecule has 0 aromatic heterocycles. The lowest BCUT2D eigenvalue weighted by molar-refractivity contribution is -0.160. The zero-order valence-electron chi connectivity index (χ0n) is 7.86. The molecule has 0 saturated carbocycles. The van der Waals surface area contributed by atoms with Crippen molar-refractivity contribution in [1.82, 2.24) is 0 Å². The normalized spacial score (nSPS) is 27.2. The predicted octanol–water partition coefficient (Wildman–Crippen LogP) is 0.867. The highest BCUT2D eigenvalue weighted by atomic mass is 16.7. The second-order valence-electron chi connectivity index (χ2n) is 2.69. The first-order valence-corrected chi connectivity index (χ1v) is 4.31. The summed E-state index contributed by atoms with van der Waals surface area (Å²) in [6.07, 6.45) is 2.97. The number of hydrogen-bond acceptors (Lipinski definition) is 4. The van der Waals surface area contributed by atoms with Crippen molar-refractivity contribution < 1.29 is 19.0 Å². The summed E-state index contributed by atoms with van der Waals surface area (Å²) >= 11 is 0. The van der Waals surface area contributed by atoms with Gasteiger partial charge in [-0.1, -0.05) is 0 Å². The Labute approximate surface area is 77.5 Å². The van der Waals surface area contributed by atoms with Crippen LogP contribution < -0.4 is 0 Å². The molecule has 4 heteroatoms. The van der Waals surface area contributed by atoms with Crippen LogP contribution in [0.3, 0.4) is 0 Å². The van der Waals surface area contributed by atoms with E-state index in [1.54, 1.807) is 12.2 Å². The predicted molar refractivity (Wildman–Crippen MR) is 46.1 cm³/mol. The molecular formula is C9H14O4. The Morgan fingerprint density at radius 3 is 2.85 bits per heavy atom. The number of rotatable bonds is 3. The van der Waals surface area contributed by atoms with Crippen LogP contribution in [0.15, 0.2) is 12.2 Å². The molecule has 1 aliphatic rings. The van der Waals surface area contributed by atoms with Crippen molar-refractivity contribution in [3.63, 3.8) is 0 Å². The molecule has 0 radical (unpaired) electrons. The van der Waals surface area contributed by atoms with E-state index in [-0.39, 0.29) is 18.4 Å². The number of carbonyl (C=O) groups is 1. The van der Waals surface area contributed by atoms with Crippen molar-refractivity contribution in [2.75, 3.05) is 13.2 Å². The van der Waals surface area contributed by atoms with Gasteiger partial charge in [0.15, 0.2) is 6.29 Å². The molecular weight excluding hydrogens is 172 g/mol. The first kappa shape index (κ1) is 10.2. The third-order valence-corrected chi connectivity index (χ3v) is 1.56. The first-order valence-electron chi connectivity index (χ1n) is 4.31. The van der Waals surface area contributed by atoms with E-state index in [0.29, 0.717) is 13.2 Å². The van der Waals surface area contributed by atoms with E-state index in [2.05, 4.69) is 0 Å². The smallest absolute Gasteiger partial charge is 0.303 e. The van der Waals surface area contributed by atoms with E-state index >= 15 is 0 Å². The molecule has 1 aliphatic heterocycles. The van der Waals surface area contributed by atoms with E-state index in [4.69, 9.17) is 14.2 Å². The molecule has 0 N–H and O–H groups in total. The highest BCUT2D eigenvalue weighted by Gasteiger charge is 2.17. The molecule has 0 saturated heterocycles. The fourth-order valence-corrected chi connectivity index (χ4v) is 1.07. The monoisotopic (exact) mass is 186 g/mol. The van der Waals surface area contributed by atoms with Gasteiger partial charge in [0.25, 0.3) is 0 Å². The summed E-state index contributed by atoms with van der Waals surface area (Å²) in [5, 5.41) is 0. The maximum atomic E-state index is 10.6. The molecule has 0 aromatic rings. The first-order chi connectivity index (χ1) is 6.22. The molecule has 1 heterocycles. The maximum Gasteiger partial charge on any atom is 0.303 e. The Balaban J connectivity index is 2.33. The summed E-state index contributed by atoms with van der Waals surface area (Å²) in [7, 11) is 0. The van der Waals surface area contributed by atoms with Gasteiger partial charge in [0.1, 0.15) is 6.10 Å². The van der Waals surface area contributed by atoms with Gasteiger partial charge in [-0.25, -0.2) is 0 Å². The average Bonchev–Trinajstić information content (AvgIpc) is 2.08. The second kappa shape index (κ2) is 4.99. The van der Waals surface area contributed by atoms with Crippen LogP contribution in [0, 0.1) is 0 Å². The van der Waals surface area contributed by atoms with Gasteiger partial charge in [0.2, 0.25) is 0 Å². The van der Waals surface area contributed by atoms with Crippen molar-refractivity contribution in [2.24, 2.45) is 0 Å². The quantitative estimate of drug-likeness (QED) is 0.484. The van der Waals surface area contributed by atoms with Crippen molar-refractivity contribution in [3.05, 3.63) is 12.2 Å². The molecule has 74 valence electrons. The van der Waals surface area contributed by atoms with Gasteiger partial charge in [-0.3, -0.25) is 4.79 Å². The molecule has 0 bridgehead atoms. The number of hydrogen-bond donors (Lipinski definition) is 0. The molecule has 2 atom stereocenters. The lowest BCUT2D eigenvalue weighted by Crippen LogP contribution is -2.29. The molecule has 2 unspecified atom stereocenters. The van der Waals surface area contributed by atoms with Crippen LogP contribution in [-0.4, -0.2) is 31.6 Å². The Kier molecular flexibility index (Phi) is 3.92. The summed E-state index contributed by atoms with van der Waals surface area (Å²) in [6.45, 7) is 4.24. The van der Waals surface area contributed by atoms with Crippen molar-refractivity contribution in [2.45, 2.75) is 26.2 Å². The van der Waals surface area contributed by atoms with Crippen molar-refractivity contribution in [1.29, 1.82) is 0 Å². The second-order valence-corrected chi connectivity index (χ2v) is 2.69. The van der Waals surface area contributed by atoms with Gasteiger partial charge in [0.05, 0.1) is 6.61 Å². The Morgan fingerprint density at radius 1 is 1.62 bits per heavy atom. The average molecular weight is 186 g/mol. The zero-order valence-corrected chi connectivity index (χ0v) is 7.86. The maximum absolute atomic E-state index is 10.6. The molecule has 0 spiro atoms. The van der Waals surface area contributed by atoms with Crippen LogP contribution in [-0.2, 0) is 19.0 Å². The van der Waals surface area contributed by atoms with Crippen LogP contribution in [0.25, 0.3) is 0 Å². The minimum Gasteiger partial charge on any atom is -0.456 e. The van der Waals surface area contributed by atoms with E-state index in [1.165, 1.54) is 6.92 Å². The van der Waals surface area contributed by atoms with Gasteiger partial charge in [-0.15, -0.1) is 0 Å². The molecule has 0 aromatic carbocycles. The summed E-state index contributed by atoms with van der Waals surface area (Å²) in [5.74, 6) is -0.298. The summed E-state index contributed by atoms with van der Waals surface area (Å²) in [5.41, 5.74) is 0. The standard InChI is InChI=1S/C9H14O4/c1-3-11-9-5-4-8(6-12-9)13-7(2)10/h4-5,8-9H,3,6H2,1-2H3. The van der Waals surface area contributed by atoms with E-state index in [1.807, 2.05) is 6.92 Å². The van der Waals surface area contributed by atoms with Crippen LogP contribution in [0.4, 0.5) is 0 Å². The van der Waals surface area contributed by atoms with Crippen LogP contribution in [0.1, 0.15) is 13.8 Å². The highest BCUT2D eigenvalue weighted by Crippen LogP contribution is 2.09. The minimum atomic E-state index is -0.298. The third kappa shape index (κ3) is 3.57. The summed E-state index contributed by atoms with van der Waals surface area (Å²) in [4.78, 5) is 10.6. The number of esters is 1. The molecule has 0 fully saturated rings. The minimum absolute atomic E-state index is 0.269. The Hall–Kier alpha value is -0.870. The van der Waals surface area contributed by atoms with Crippen LogP contribution in [0.2, 0.25) is 0 Å². The Bertz CT molecular complexity index is 200. The summed E-state index contributed by atoms with van der Waals surface area (Å²) in [6, 6.07) is 0. The number of carbonyl (C=O) groups excluding carboxylic acids is 1. The van der Waals surface area contributed by atoms with Gasteiger partial charge < -0.3 is 14.2 Å². The highest BCUT2D eigenvalue weighted by molar-refractivity contribution is 5.66. The van der Waals surface area contributed by atoms with Crippen molar-refractivity contribution >= 4 is 5.97 Å². The fraction of sp³-hybridized carbons (Fsp3) is 0.667. The SMILES string of the molecule is CCOC1C=CC(OC(C)=O)CO1. The molecule has 4 nitrogen and oxygen atoms in total. The Morgan fingerprint density at radius 2 is 2.38 bits per heavy atom. The van der Waals surface area contributed by atoms with Gasteiger partial charge in [-0.2, -0.15) is 0 Å². The van der Waals surface area contributed by atoms with Gasteiger partial charge >= 0.3 is 5.97 Å². The van der Waals surface area contributed by atoms with Crippen LogP contribution in [0.5, 0.6) is 0 Å². The lowest BCUT2D eigenvalue weighted by Gasteiger charge is -2.22. The van der Waals surface area contributed by atoms with E-state index in [9.17, 15) is 4.79 Å². The molecule has 1 rings (SSSR count). The molecule has 0 amide bonds. The lowest BCUT2D eigenvalue weighted by atomic mass is 10.3. The largest absolute Gasteiger partial charge is 0.456 e. The van der Waals surface area contributed by atoms with E-state index < -0.39 is 0 Å². The zero-order chi connectivity index (χ0) is 9.68. The van der Waals surface area contributed by atoms with Crippen molar-refractivity contribution in [3.8, 4) is 0 Å². The van der Waals surface area contributed by atoms with Gasteiger partial charge in [0, 0.05) is 13.5 Å². The number of ether oxygens (including phenoxy) is 3. The van der Waals surface area contributed by atoms with Gasteiger partial charge in [-0.05, 0) is 19.1 Å². The van der Waals surface area contributed by atoms with E-state index in [0.717, 1.165) is 0 Å². The topological polar surface area (TPSA) is 44.8 Å². The third-order valence-electron chi connectivity index (χ3n) is 1.56. The summed E-state index contributed by atoms with van der Waals surface area (Å²) < 4.78 is 15.3. The van der Waals surface area contributed by atoms with Crippen LogP contribution >= 0.6 is 0 Å².